The minimum Gasteiger partial charge on any atom is -0.351 e. The van der Waals surface area contributed by atoms with Crippen molar-refractivity contribution in [2.45, 2.75) is 78.8 Å². The van der Waals surface area contributed by atoms with Gasteiger partial charge in [0.2, 0.25) is 5.91 Å². The molecule has 1 N–H and O–H groups in total. The SMILES string of the molecule is Cc1cc(C)c(N(C(=O)c2sc(C)nc2C)C(C(=O)NC2CCCCC2)c2ccccc2)c(C)c1. The Balaban J connectivity index is 1.88. The van der Waals surface area contributed by atoms with Gasteiger partial charge >= 0.3 is 0 Å². The molecule has 6 heteroatoms. The molecule has 1 aliphatic carbocycles. The van der Waals surface area contributed by atoms with E-state index < -0.39 is 6.04 Å². The highest BCUT2D eigenvalue weighted by Gasteiger charge is 2.37. The van der Waals surface area contributed by atoms with Gasteiger partial charge in [0.1, 0.15) is 10.9 Å². The molecule has 0 bridgehead atoms. The fraction of sp³-hybridized carbons (Fsp3) is 0.414. The Morgan fingerprint density at radius 3 is 2.17 bits per heavy atom. The summed E-state index contributed by atoms with van der Waals surface area (Å²) in [5.74, 6) is -0.314. The molecule has 0 radical (unpaired) electrons. The van der Waals surface area contributed by atoms with Crippen LogP contribution in [-0.2, 0) is 4.79 Å². The first-order valence-electron chi connectivity index (χ1n) is 12.5. The lowest BCUT2D eigenvalue weighted by molar-refractivity contribution is -0.123. The molecule has 0 aliphatic heterocycles. The molecule has 35 heavy (non-hydrogen) atoms. The second-order valence-electron chi connectivity index (χ2n) is 9.73. The number of amides is 2. The molecule has 4 rings (SSSR count). The summed E-state index contributed by atoms with van der Waals surface area (Å²) in [5, 5.41) is 4.14. The van der Waals surface area contributed by atoms with Gasteiger partial charge < -0.3 is 5.32 Å². The lowest BCUT2D eigenvalue weighted by Crippen LogP contribution is -2.47. The molecule has 1 heterocycles. The van der Waals surface area contributed by atoms with E-state index in [1.54, 1.807) is 4.90 Å². The third-order valence-corrected chi connectivity index (χ3v) is 7.83. The van der Waals surface area contributed by atoms with Crippen molar-refractivity contribution in [3.63, 3.8) is 0 Å². The standard InChI is InChI=1S/C29H35N3O2S/c1-18-16-19(2)25(20(3)17-18)32(29(34)27-21(4)30-22(5)35-27)26(23-12-8-6-9-13-23)28(33)31-24-14-10-7-11-15-24/h6,8-9,12-13,16-17,24,26H,7,10-11,14-15H2,1-5H3,(H,31,33). The van der Waals surface area contributed by atoms with Crippen LogP contribution in [0.5, 0.6) is 0 Å². The zero-order valence-corrected chi connectivity index (χ0v) is 22.2. The van der Waals surface area contributed by atoms with Crippen molar-refractivity contribution in [3.8, 4) is 0 Å². The average Bonchev–Trinajstić information content (AvgIpc) is 3.16. The Labute approximate surface area is 212 Å². The van der Waals surface area contributed by atoms with Crippen LogP contribution in [0.15, 0.2) is 42.5 Å². The predicted octanol–water partition coefficient (Wildman–Crippen LogP) is 6.52. The van der Waals surface area contributed by atoms with Gasteiger partial charge in [-0.3, -0.25) is 14.5 Å². The average molecular weight is 490 g/mol. The fourth-order valence-corrected chi connectivity index (χ4v) is 6.18. The van der Waals surface area contributed by atoms with Gasteiger partial charge in [-0.1, -0.05) is 67.3 Å². The van der Waals surface area contributed by atoms with E-state index in [-0.39, 0.29) is 17.9 Å². The van der Waals surface area contributed by atoms with E-state index in [1.807, 2.05) is 58.0 Å². The molecule has 3 aromatic rings. The molecule has 1 aromatic heterocycles. The maximum atomic E-state index is 14.3. The number of rotatable bonds is 6. The van der Waals surface area contributed by atoms with Crippen molar-refractivity contribution in [1.82, 2.24) is 10.3 Å². The molecule has 0 spiro atoms. The van der Waals surface area contributed by atoms with Crippen LogP contribution < -0.4 is 10.2 Å². The molecule has 1 atom stereocenters. The molecule has 1 aliphatic rings. The normalized spacial score (nSPS) is 15.0. The van der Waals surface area contributed by atoms with Crippen LogP contribution in [0, 0.1) is 34.6 Å². The van der Waals surface area contributed by atoms with Crippen LogP contribution in [-0.4, -0.2) is 22.8 Å². The largest absolute Gasteiger partial charge is 0.351 e. The molecule has 0 saturated heterocycles. The summed E-state index contributed by atoms with van der Waals surface area (Å²) in [6, 6.07) is 13.2. The van der Waals surface area contributed by atoms with Crippen molar-refractivity contribution in [1.29, 1.82) is 0 Å². The lowest BCUT2D eigenvalue weighted by atomic mass is 9.94. The highest BCUT2D eigenvalue weighted by Crippen LogP contribution is 2.37. The number of carbonyl (C=O) groups excluding carboxylic acids is 2. The van der Waals surface area contributed by atoms with Crippen LogP contribution in [0.3, 0.4) is 0 Å². The smallest absolute Gasteiger partial charge is 0.271 e. The van der Waals surface area contributed by atoms with Gasteiger partial charge in [0, 0.05) is 6.04 Å². The van der Waals surface area contributed by atoms with Crippen molar-refractivity contribution in [2.24, 2.45) is 0 Å². The zero-order chi connectivity index (χ0) is 25.1. The van der Waals surface area contributed by atoms with Crippen molar-refractivity contribution in [2.75, 3.05) is 4.90 Å². The number of anilines is 1. The second-order valence-corrected chi connectivity index (χ2v) is 10.9. The van der Waals surface area contributed by atoms with Crippen LogP contribution in [0.4, 0.5) is 5.69 Å². The Hall–Kier alpha value is -2.99. The minimum absolute atomic E-state index is 0.130. The summed E-state index contributed by atoms with van der Waals surface area (Å²) < 4.78 is 0. The molecule has 1 saturated carbocycles. The predicted molar refractivity (Wildman–Crippen MR) is 143 cm³/mol. The van der Waals surface area contributed by atoms with E-state index in [9.17, 15) is 9.59 Å². The summed E-state index contributed by atoms with van der Waals surface area (Å²) in [5.41, 5.74) is 5.36. The molecule has 2 amide bonds. The van der Waals surface area contributed by atoms with Gasteiger partial charge in [-0.2, -0.15) is 0 Å². The third kappa shape index (κ3) is 5.48. The Bertz CT molecular complexity index is 1190. The van der Waals surface area contributed by atoms with E-state index >= 15 is 0 Å². The van der Waals surface area contributed by atoms with E-state index in [1.165, 1.54) is 17.8 Å². The summed E-state index contributed by atoms with van der Waals surface area (Å²) in [4.78, 5) is 35.1. The maximum Gasteiger partial charge on any atom is 0.271 e. The summed E-state index contributed by atoms with van der Waals surface area (Å²) in [7, 11) is 0. The van der Waals surface area contributed by atoms with Crippen molar-refractivity contribution >= 4 is 28.8 Å². The third-order valence-electron chi connectivity index (χ3n) is 6.77. The molecular weight excluding hydrogens is 454 g/mol. The Morgan fingerprint density at radius 1 is 0.971 bits per heavy atom. The van der Waals surface area contributed by atoms with Crippen LogP contribution >= 0.6 is 11.3 Å². The number of aromatic nitrogens is 1. The van der Waals surface area contributed by atoms with E-state index in [2.05, 4.69) is 29.4 Å². The summed E-state index contributed by atoms with van der Waals surface area (Å²) in [6.45, 7) is 9.86. The van der Waals surface area contributed by atoms with Crippen molar-refractivity contribution < 1.29 is 9.59 Å². The second kappa shape index (κ2) is 10.7. The van der Waals surface area contributed by atoms with Crippen LogP contribution in [0.25, 0.3) is 0 Å². The van der Waals surface area contributed by atoms with Crippen LogP contribution in [0.1, 0.15) is 80.8 Å². The minimum atomic E-state index is -0.785. The van der Waals surface area contributed by atoms with Gasteiger partial charge in [0.15, 0.2) is 0 Å². The maximum absolute atomic E-state index is 14.3. The first-order valence-corrected chi connectivity index (χ1v) is 13.3. The molecule has 184 valence electrons. The number of nitrogens with zero attached hydrogens (tertiary/aromatic N) is 2. The van der Waals surface area contributed by atoms with Gasteiger partial charge in [-0.05, 0) is 64.2 Å². The Morgan fingerprint density at radius 2 is 1.60 bits per heavy atom. The topological polar surface area (TPSA) is 62.3 Å². The monoisotopic (exact) mass is 489 g/mol. The number of nitrogens with one attached hydrogen (secondary N) is 1. The van der Waals surface area contributed by atoms with Gasteiger partial charge in [-0.25, -0.2) is 4.98 Å². The zero-order valence-electron chi connectivity index (χ0n) is 21.4. The van der Waals surface area contributed by atoms with E-state index in [0.717, 1.165) is 58.6 Å². The number of benzene rings is 2. The summed E-state index contributed by atoms with van der Waals surface area (Å²) in [6.07, 6.45) is 5.43. The first kappa shape index (κ1) is 25.1. The molecule has 2 aromatic carbocycles. The van der Waals surface area contributed by atoms with Crippen molar-refractivity contribution in [3.05, 3.63) is 80.3 Å². The highest BCUT2D eigenvalue weighted by molar-refractivity contribution is 7.13. The lowest BCUT2D eigenvalue weighted by Gasteiger charge is -2.35. The number of carbonyl (C=O) groups is 2. The number of aryl methyl sites for hydroxylation is 5. The van der Waals surface area contributed by atoms with Crippen LogP contribution in [0.2, 0.25) is 0 Å². The molecule has 5 nitrogen and oxygen atoms in total. The van der Waals surface area contributed by atoms with Gasteiger partial charge in [-0.15, -0.1) is 11.3 Å². The van der Waals surface area contributed by atoms with E-state index in [0.29, 0.717) is 10.6 Å². The van der Waals surface area contributed by atoms with Gasteiger partial charge in [0.25, 0.3) is 5.91 Å². The first-order chi connectivity index (χ1) is 16.8. The number of hydrogen-bond donors (Lipinski definition) is 1. The molecule has 1 unspecified atom stereocenters. The fourth-order valence-electron chi connectivity index (χ4n) is 5.32. The number of thiazole rings is 1. The highest BCUT2D eigenvalue weighted by atomic mass is 32.1. The summed E-state index contributed by atoms with van der Waals surface area (Å²) >= 11 is 1.39. The quantitative estimate of drug-likeness (QED) is 0.429. The molecular formula is C29H35N3O2S. The Kier molecular flexibility index (Phi) is 7.70. The molecule has 1 fully saturated rings. The number of hydrogen-bond acceptors (Lipinski definition) is 4. The van der Waals surface area contributed by atoms with E-state index in [4.69, 9.17) is 0 Å². The van der Waals surface area contributed by atoms with Gasteiger partial charge in [0.05, 0.1) is 16.4 Å².